The maximum absolute atomic E-state index is 5.59. The highest BCUT2D eigenvalue weighted by Crippen LogP contribution is 2.24. The zero-order valence-corrected chi connectivity index (χ0v) is 8.16. The lowest BCUT2D eigenvalue weighted by atomic mass is 10.0. The minimum absolute atomic E-state index is 0.574. The maximum atomic E-state index is 5.59. The normalized spacial score (nSPS) is 10.4. The minimum Gasteiger partial charge on any atom is -0.472 e. The lowest BCUT2D eigenvalue weighted by Gasteiger charge is -2.01. The fourth-order valence-corrected chi connectivity index (χ4v) is 1.52. The Hall–Kier alpha value is -1.54. The van der Waals surface area contributed by atoms with Crippen molar-refractivity contribution in [3.8, 4) is 11.1 Å². The van der Waals surface area contributed by atoms with Crippen LogP contribution < -0.4 is 5.73 Å². The summed E-state index contributed by atoms with van der Waals surface area (Å²) in [4.78, 5) is 0. The van der Waals surface area contributed by atoms with Crippen molar-refractivity contribution in [3.63, 3.8) is 0 Å². The van der Waals surface area contributed by atoms with Crippen LogP contribution in [0.25, 0.3) is 11.1 Å². The summed E-state index contributed by atoms with van der Waals surface area (Å²) in [6.45, 7) is 2.61. The molecule has 0 aliphatic rings. The summed E-state index contributed by atoms with van der Waals surface area (Å²) in [5.41, 5.74) is 10.2. The molecular formula is C12H13NO. The second kappa shape index (κ2) is 3.68. The van der Waals surface area contributed by atoms with Crippen LogP contribution in [-0.4, -0.2) is 0 Å². The standard InChI is InChI=1S/C12H13NO/c1-9-7-14-8-12(9)11-4-2-3-10(5-11)6-13/h2-5,7-8H,6,13H2,1H3. The summed E-state index contributed by atoms with van der Waals surface area (Å²) in [7, 11) is 0. The van der Waals surface area contributed by atoms with Gasteiger partial charge in [0.2, 0.25) is 0 Å². The van der Waals surface area contributed by atoms with Gasteiger partial charge in [0.25, 0.3) is 0 Å². The Morgan fingerprint density at radius 2 is 2.14 bits per heavy atom. The fourth-order valence-electron chi connectivity index (χ4n) is 1.52. The Balaban J connectivity index is 2.47. The molecule has 2 rings (SSSR count). The molecule has 1 aromatic carbocycles. The van der Waals surface area contributed by atoms with Crippen LogP contribution in [0.3, 0.4) is 0 Å². The van der Waals surface area contributed by atoms with Gasteiger partial charge in [0.1, 0.15) is 0 Å². The van der Waals surface area contributed by atoms with E-state index < -0.39 is 0 Å². The Bertz CT molecular complexity index is 431. The second-order valence-corrected chi connectivity index (χ2v) is 3.37. The van der Waals surface area contributed by atoms with E-state index in [1.54, 1.807) is 12.5 Å². The van der Waals surface area contributed by atoms with E-state index in [0.29, 0.717) is 6.54 Å². The molecule has 2 nitrogen and oxygen atoms in total. The quantitative estimate of drug-likeness (QED) is 0.785. The predicted octanol–water partition coefficient (Wildman–Crippen LogP) is 2.71. The minimum atomic E-state index is 0.574. The highest BCUT2D eigenvalue weighted by atomic mass is 16.3. The molecule has 72 valence electrons. The van der Waals surface area contributed by atoms with Gasteiger partial charge in [-0.3, -0.25) is 0 Å². The SMILES string of the molecule is Cc1cocc1-c1cccc(CN)c1. The Labute approximate surface area is 83.4 Å². The fraction of sp³-hybridized carbons (Fsp3) is 0.167. The highest BCUT2D eigenvalue weighted by molar-refractivity contribution is 5.66. The third-order valence-electron chi connectivity index (χ3n) is 2.33. The second-order valence-electron chi connectivity index (χ2n) is 3.37. The third kappa shape index (κ3) is 1.56. The molecule has 0 aliphatic carbocycles. The van der Waals surface area contributed by atoms with Gasteiger partial charge in [0.05, 0.1) is 12.5 Å². The molecule has 0 saturated carbocycles. The molecule has 0 aliphatic heterocycles. The average molecular weight is 187 g/mol. The smallest absolute Gasteiger partial charge is 0.0983 e. The van der Waals surface area contributed by atoms with E-state index in [-0.39, 0.29) is 0 Å². The zero-order chi connectivity index (χ0) is 9.97. The number of hydrogen-bond acceptors (Lipinski definition) is 2. The van der Waals surface area contributed by atoms with Crippen LogP contribution >= 0.6 is 0 Å². The van der Waals surface area contributed by atoms with Crippen LogP contribution in [-0.2, 0) is 6.54 Å². The molecule has 0 atom stereocenters. The summed E-state index contributed by atoms with van der Waals surface area (Å²) in [6.07, 6.45) is 3.52. The van der Waals surface area contributed by atoms with E-state index in [2.05, 4.69) is 12.1 Å². The molecule has 14 heavy (non-hydrogen) atoms. The molecule has 2 aromatic rings. The molecule has 1 heterocycles. The summed E-state index contributed by atoms with van der Waals surface area (Å²) in [5.74, 6) is 0. The lowest BCUT2D eigenvalue weighted by molar-refractivity contribution is 0.566. The average Bonchev–Trinajstić information content (AvgIpc) is 2.65. The summed E-state index contributed by atoms with van der Waals surface area (Å²) in [5, 5.41) is 0. The van der Waals surface area contributed by atoms with Gasteiger partial charge in [-0.15, -0.1) is 0 Å². The monoisotopic (exact) mass is 187 g/mol. The molecule has 0 fully saturated rings. The van der Waals surface area contributed by atoms with E-state index in [0.717, 1.165) is 16.7 Å². The van der Waals surface area contributed by atoms with Crippen molar-refractivity contribution in [1.29, 1.82) is 0 Å². The third-order valence-corrected chi connectivity index (χ3v) is 2.33. The van der Waals surface area contributed by atoms with Crippen LogP contribution in [0, 0.1) is 6.92 Å². The van der Waals surface area contributed by atoms with Crippen LogP contribution in [0.5, 0.6) is 0 Å². The molecule has 0 unspecified atom stereocenters. The lowest BCUT2D eigenvalue weighted by Crippen LogP contribution is -1.95. The molecule has 2 heteroatoms. The molecule has 0 amide bonds. The molecule has 0 radical (unpaired) electrons. The Kier molecular flexibility index (Phi) is 2.37. The number of hydrogen-bond donors (Lipinski definition) is 1. The Morgan fingerprint density at radius 3 is 2.79 bits per heavy atom. The molecule has 0 saturated heterocycles. The number of rotatable bonds is 2. The number of aryl methyl sites for hydroxylation is 1. The van der Waals surface area contributed by atoms with Crippen molar-refractivity contribution in [3.05, 3.63) is 47.9 Å². The first-order valence-electron chi connectivity index (χ1n) is 4.63. The first-order valence-corrected chi connectivity index (χ1v) is 4.63. The van der Waals surface area contributed by atoms with Gasteiger partial charge in [-0.1, -0.05) is 18.2 Å². The van der Waals surface area contributed by atoms with Crippen molar-refractivity contribution in [1.82, 2.24) is 0 Å². The van der Waals surface area contributed by atoms with E-state index in [1.165, 1.54) is 5.56 Å². The van der Waals surface area contributed by atoms with Crippen LogP contribution in [0.2, 0.25) is 0 Å². The van der Waals surface area contributed by atoms with Crippen molar-refractivity contribution in [2.24, 2.45) is 5.73 Å². The van der Waals surface area contributed by atoms with E-state index in [9.17, 15) is 0 Å². The topological polar surface area (TPSA) is 39.2 Å². The van der Waals surface area contributed by atoms with Gasteiger partial charge < -0.3 is 10.2 Å². The molecule has 0 bridgehead atoms. The number of benzene rings is 1. The molecule has 0 spiro atoms. The van der Waals surface area contributed by atoms with Crippen molar-refractivity contribution >= 4 is 0 Å². The van der Waals surface area contributed by atoms with Gasteiger partial charge >= 0.3 is 0 Å². The Morgan fingerprint density at radius 1 is 1.29 bits per heavy atom. The highest BCUT2D eigenvalue weighted by Gasteiger charge is 2.03. The first kappa shape index (κ1) is 9.03. The molecule has 1 aromatic heterocycles. The summed E-state index contributed by atoms with van der Waals surface area (Å²) in [6, 6.07) is 8.21. The predicted molar refractivity (Wildman–Crippen MR) is 56.8 cm³/mol. The number of furan rings is 1. The maximum Gasteiger partial charge on any atom is 0.0983 e. The van der Waals surface area contributed by atoms with Gasteiger partial charge in [-0.2, -0.15) is 0 Å². The van der Waals surface area contributed by atoms with Crippen LogP contribution in [0.15, 0.2) is 41.2 Å². The van der Waals surface area contributed by atoms with Crippen molar-refractivity contribution in [2.45, 2.75) is 13.5 Å². The van der Waals surface area contributed by atoms with Gasteiger partial charge in [0, 0.05) is 12.1 Å². The summed E-state index contributed by atoms with van der Waals surface area (Å²) >= 11 is 0. The number of nitrogens with two attached hydrogens (primary N) is 1. The van der Waals surface area contributed by atoms with Crippen molar-refractivity contribution in [2.75, 3.05) is 0 Å². The zero-order valence-electron chi connectivity index (χ0n) is 8.16. The first-order chi connectivity index (χ1) is 6.81. The largest absolute Gasteiger partial charge is 0.472 e. The van der Waals surface area contributed by atoms with Gasteiger partial charge in [0.15, 0.2) is 0 Å². The van der Waals surface area contributed by atoms with Gasteiger partial charge in [-0.25, -0.2) is 0 Å². The summed E-state index contributed by atoms with van der Waals surface area (Å²) < 4.78 is 5.14. The van der Waals surface area contributed by atoms with Crippen molar-refractivity contribution < 1.29 is 4.42 Å². The van der Waals surface area contributed by atoms with Gasteiger partial charge in [-0.05, 0) is 29.7 Å². The van der Waals surface area contributed by atoms with E-state index in [4.69, 9.17) is 10.2 Å². The van der Waals surface area contributed by atoms with E-state index >= 15 is 0 Å². The molecule has 2 N–H and O–H groups in total. The van der Waals surface area contributed by atoms with E-state index in [1.807, 2.05) is 19.1 Å². The molecular weight excluding hydrogens is 174 g/mol. The van der Waals surface area contributed by atoms with Crippen LogP contribution in [0.4, 0.5) is 0 Å². The van der Waals surface area contributed by atoms with Crippen LogP contribution in [0.1, 0.15) is 11.1 Å².